The highest BCUT2D eigenvalue weighted by Crippen LogP contribution is 2.09. The van der Waals surface area contributed by atoms with Crippen LogP contribution in [0.3, 0.4) is 0 Å². The molecule has 18 heavy (non-hydrogen) atoms. The Hall–Kier alpha value is -1.82. The Morgan fingerprint density at radius 2 is 2.22 bits per heavy atom. The van der Waals surface area contributed by atoms with Gasteiger partial charge in [-0.1, -0.05) is 0 Å². The summed E-state index contributed by atoms with van der Waals surface area (Å²) in [5.41, 5.74) is 0.891. The zero-order chi connectivity index (χ0) is 13.4. The number of carbonyl (C=O) groups excluding carboxylic acids is 1. The van der Waals surface area contributed by atoms with Crippen molar-refractivity contribution >= 4 is 17.5 Å². The number of hydrogen-bond donors (Lipinski definition) is 3. The summed E-state index contributed by atoms with van der Waals surface area (Å²) in [6.45, 7) is 5.15. The van der Waals surface area contributed by atoms with Gasteiger partial charge in [0, 0.05) is 19.7 Å². The van der Waals surface area contributed by atoms with Gasteiger partial charge in [-0.05, 0) is 26.0 Å². The minimum atomic E-state index is -0.252. The van der Waals surface area contributed by atoms with E-state index in [0.29, 0.717) is 12.4 Å². The monoisotopic (exact) mass is 252 g/mol. The molecule has 1 heterocycles. The largest absolute Gasteiger partial charge is 0.383 e. The number of ether oxygens (including phenoxy) is 1. The van der Waals surface area contributed by atoms with E-state index in [1.807, 2.05) is 19.9 Å². The van der Waals surface area contributed by atoms with Crippen molar-refractivity contribution in [2.45, 2.75) is 19.9 Å². The minimum absolute atomic E-state index is 0.0972. The van der Waals surface area contributed by atoms with E-state index < -0.39 is 0 Å². The molecule has 0 fully saturated rings. The van der Waals surface area contributed by atoms with Crippen molar-refractivity contribution in [2.24, 2.45) is 0 Å². The molecule has 0 aliphatic heterocycles. The van der Waals surface area contributed by atoms with E-state index in [9.17, 15) is 4.79 Å². The first-order chi connectivity index (χ1) is 8.61. The highest BCUT2D eigenvalue weighted by Gasteiger charge is 2.03. The lowest BCUT2D eigenvalue weighted by Gasteiger charge is -2.10. The predicted octanol–water partition coefficient (Wildman–Crippen LogP) is 1.67. The first-order valence-corrected chi connectivity index (χ1v) is 5.88. The van der Waals surface area contributed by atoms with E-state index >= 15 is 0 Å². The van der Waals surface area contributed by atoms with Crippen LogP contribution in [0.2, 0.25) is 0 Å². The van der Waals surface area contributed by atoms with E-state index in [4.69, 9.17) is 4.74 Å². The van der Waals surface area contributed by atoms with Crippen LogP contribution in [-0.4, -0.2) is 37.3 Å². The van der Waals surface area contributed by atoms with Gasteiger partial charge in [0.15, 0.2) is 0 Å². The van der Waals surface area contributed by atoms with E-state index in [1.54, 1.807) is 19.4 Å². The summed E-state index contributed by atoms with van der Waals surface area (Å²) in [6.07, 6.45) is 1.67. The van der Waals surface area contributed by atoms with Crippen LogP contribution in [-0.2, 0) is 4.74 Å². The molecule has 2 amide bonds. The van der Waals surface area contributed by atoms with Crippen LogP contribution in [0.5, 0.6) is 0 Å². The third kappa shape index (κ3) is 5.49. The fraction of sp³-hybridized carbons (Fsp3) is 0.500. The number of nitrogens with zero attached hydrogens (tertiary/aromatic N) is 1. The van der Waals surface area contributed by atoms with Gasteiger partial charge in [-0.2, -0.15) is 0 Å². The summed E-state index contributed by atoms with van der Waals surface area (Å²) in [5, 5.41) is 8.52. The Balaban J connectivity index is 2.42. The standard InChI is InChI=1S/C12H20N4O2/c1-9(2)15-12(17)16-11-5-4-10(8-14-11)13-6-7-18-3/h4-5,8-9,13H,6-7H2,1-3H3,(H2,14,15,16,17). The second kappa shape index (κ2) is 7.50. The van der Waals surface area contributed by atoms with Crippen LogP contribution in [0.15, 0.2) is 18.3 Å². The van der Waals surface area contributed by atoms with Gasteiger partial charge in [0.05, 0.1) is 18.5 Å². The zero-order valence-corrected chi connectivity index (χ0v) is 11.0. The molecule has 3 N–H and O–H groups in total. The van der Waals surface area contributed by atoms with Crippen molar-refractivity contribution in [3.05, 3.63) is 18.3 Å². The molecule has 0 spiro atoms. The molecule has 0 saturated heterocycles. The van der Waals surface area contributed by atoms with Crippen LogP contribution in [0, 0.1) is 0 Å². The SMILES string of the molecule is COCCNc1ccc(NC(=O)NC(C)C)nc1. The number of urea groups is 1. The highest BCUT2D eigenvalue weighted by molar-refractivity contribution is 5.88. The Bertz CT molecular complexity index is 365. The predicted molar refractivity (Wildman–Crippen MR) is 71.9 cm³/mol. The van der Waals surface area contributed by atoms with Crippen LogP contribution in [0.4, 0.5) is 16.3 Å². The van der Waals surface area contributed by atoms with Gasteiger partial charge in [-0.15, -0.1) is 0 Å². The number of rotatable bonds is 6. The van der Waals surface area contributed by atoms with E-state index in [0.717, 1.165) is 12.2 Å². The number of nitrogens with one attached hydrogen (secondary N) is 3. The van der Waals surface area contributed by atoms with Gasteiger partial charge >= 0.3 is 6.03 Å². The van der Waals surface area contributed by atoms with Gasteiger partial charge in [0.1, 0.15) is 5.82 Å². The molecule has 0 aliphatic rings. The lowest BCUT2D eigenvalue weighted by molar-refractivity contribution is 0.211. The fourth-order valence-corrected chi connectivity index (χ4v) is 1.28. The molecule has 0 saturated carbocycles. The normalized spacial score (nSPS) is 10.2. The molecule has 100 valence electrons. The minimum Gasteiger partial charge on any atom is -0.383 e. The lowest BCUT2D eigenvalue weighted by atomic mass is 10.4. The van der Waals surface area contributed by atoms with Crippen molar-refractivity contribution in [3.8, 4) is 0 Å². The van der Waals surface area contributed by atoms with E-state index in [1.165, 1.54) is 0 Å². The number of amides is 2. The summed E-state index contributed by atoms with van der Waals surface area (Å²) >= 11 is 0. The Morgan fingerprint density at radius 1 is 1.44 bits per heavy atom. The summed E-state index contributed by atoms with van der Waals surface area (Å²) < 4.78 is 4.93. The molecule has 0 aliphatic carbocycles. The highest BCUT2D eigenvalue weighted by atomic mass is 16.5. The van der Waals surface area contributed by atoms with E-state index in [-0.39, 0.29) is 12.1 Å². The van der Waals surface area contributed by atoms with E-state index in [2.05, 4.69) is 20.9 Å². The molecule has 1 aromatic heterocycles. The molecule has 1 aromatic rings. The smallest absolute Gasteiger partial charge is 0.320 e. The first kappa shape index (κ1) is 14.2. The Morgan fingerprint density at radius 3 is 2.78 bits per heavy atom. The van der Waals surface area contributed by atoms with Crippen LogP contribution >= 0.6 is 0 Å². The topological polar surface area (TPSA) is 75.3 Å². The summed E-state index contributed by atoms with van der Waals surface area (Å²) in [4.78, 5) is 15.6. The second-order valence-electron chi connectivity index (χ2n) is 4.10. The zero-order valence-electron chi connectivity index (χ0n) is 11.0. The molecule has 0 aromatic carbocycles. The van der Waals surface area contributed by atoms with Crippen molar-refractivity contribution in [3.63, 3.8) is 0 Å². The molecule has 0 radical (unpaired) electrons. The second-order valence-corrected chi connectivity index (χ2v) is 4.10. The molecule has 1 rings (SSSR count). The van der Waals surface area contributed by atoms with Crippen LogP contribution in [0.25, 0.3) is 0 Å². The third-order valence-corrected chi connectivity index (χ3v) is 2.06. The molecule has 6 nitrogen and oxygen atoms in total. The van der Waals surface area contributed by atoms with Gasteiger partial charge in [0.25, 0.3) is 0 Å². The number of aromatic nitrogens is 1. The van der Waals surface area contributed by atoms with Gasteiger partial charge in [0.2, 0.25) is 0 Å². The average molecular weight is 252 g/mol. The number of pyridine rings is 1. The molecular weight excluding hydrogens is 232 g/mol. The van der Waals surface area contributed by atoms with Crippen molar-refractivity contribution in [2.75, 3.05) is 30.9 Å². The van der Waals surface area contributed by atoms with Crippen LogP contribution in [0.1, 0.15) is 13.8 Å². The lowest BCUT2D eigenvalue weighted by Crippen LogP contribution is -2.34. The fourth-order valence-electron chi connectivity index (χ4n) is 1.28. The number of carbonyl (C=O) groups is 1. The van der Waals surface area contributed by atoms with Gasteiger partial charge in [-0.25, -0.2) is 9.78 Å². The summed E-state index contributed by atoms with van der Waals surface area (Å²) in [7, 11) is 1.65. The number of anilines is 2. The molecule has 0 atom stereocenters. The van der Waals surface area contributed by atoms with Crippen LogP contribution < -0.4 is 16.0 Å². The molecule has 0 unspecified atom stereocenters. The Kier molecular flexibility index (Phi) is 5.93. The van der Waals surface area contributed by atoms with Gasteiger partial charge < -0.3 is 15.4 Å². The molecule has 6 heteroatoms. The number of methoxy groups -OCH3 is 1. The summed E-state index contributed by atoms with van der Waals surface area (Å²) in [5.74, 6) is 0.519. The average Bonchev–Trinajstić information content (AvgIpc) is 2.30. The van der Waals surface area contributed by atoms with Crippen molar-refractivity contribution < 1.29 is 9.53 Å². The maximum atomic E-state index is 11.4. The molecule has 0 bridgehead atoms. The van der Waals surface area contributed by atoms with Gasteiger partial charge in [-0.3, -0.25) is 5.32 Å². The number of hydrogen-bond acceptors (Lipinski definition) is 4. The molecular formula is C12H20N4O2. The maximum absolute atomic E-state index is 11.4. The van der Waals surface area contributed by atoms with Crippen molar-refractivity contribution in [1.29, 1.82) is 0 Å². The third-order valence-electron chi connectivity index (χ3n) is 2.06. The Labute approximate surface area is 107 Å². The quantitative estimate of drug-likeness (QED) is 0.673. The van der Waals surface area contributed by atoms with Crippen molar-refractivity contribution in [1.82, 2.24) is 10.3 Å². The summed E-state index contributed by atoms with van der Waals surface area (Å²) in [6, 6.07) is 3.44. The first-order valence-electron chi connectivity index (χ1n) is 5.88. The maximum Gasteiger partial charge on any atom is 0.320 e.